The summed E-state index contributed by atoms with van der Waals surface area (Å²) in [4.78, 5) is 0. The number of ether oxygens (including phenoxy) is 1. The van der Waals surface area contributed by atoms with E-state index in [9.17, 15) is 8.42 Å². The topological polar surface area (TPSA) is 71.8 Å². The molecule has 20 heavy (non-hydrogen) atoms. The predicted molar refractivity (Wildman–Crippen MR) is 74.9 cm³/mol. The second-order valence-electron chi connectivity index (χ2n) is 5.13. The lowest BCUT2D eigenvalue weighted by atomic mass is 9.89. The first-order valence-corrected chi connectivity index (χ1v) is 8.23. The van der Waals surface area contributed by atoms with E-state index in [-0.39, 0.29) is 5.09 Å². The van der Waals surface area contributed by atoms with Crippen molar-refractivity contribution in [2.75, 3.05) is 20.7 Å². The third-order valence-electron chi connectivity index (χ3n) is 3.43. The molecule has 1 aromatic heterocycles. The molecular weight excluding hydrogens is 280 g/mol. The molecule has 1 aromatic rings. The molecule has 0 saturated heterocycles. The SMILES string of the molecule is CCOC1CC(NCc2ccc(S(=O)(=O)N(C)C)o2)C1. The van der Waals surface area contributed by atoms with Gasteiger partial charge in [-0.1, -0.05) is 0 Å². The molecule has 2 rings (SSSR count). The van der Waals surface area contributed by atoms with Crippen LogP contribution in [0.5, 0.6) is 0 Å². The van der Waals surface area contributed by atoms with E-state index in [1.165, 1.54) is 20.2 Å². The van der Waals surface area contributed by atoms with Gasteiger partial charge in [-0.15, -0.1) is 0 Å². The van der Waals surface area contributed by atoms with Crippen LogP contribution in [-0.2, 0) is 21.3 Å². The Morgan fingerprint density at radius 1 is 1.40 bits per heavy atom. The Balaban J connectivity index is 1.83. The van der Waals surface area contributed by atoms with Gasteiger partial charge in [-0.25, -0.2) is 12.7 Å². The number of hydrogen-bond donors (Lipinski definition) is 1. The van der Waals surface area contributed by atoms with Crippen LogP contribution in [0.15, 0.2) is 21.6 Å². The van der Waals surface area contributed by atoms with Crippen LogP contribution in [0, 0.1) is 0 Å². The van der Waals surface area contributed by atoms with E-state index in [4.69, 9.17) is 9.15 Å². The van der Waals surface area contributed by atoms with Crippen LogP contribution in [-0.4, -0.2) is 45.6 Å². The van der Waals surface area contributed by atoms with Gasteiger partial charge in [0, 0.05) is 26.7 Å². The molecule has 1 N–H and O–H groups in total. The van der Waals surface area contributed by atoms with E-state index in [2.05, 4.69) is 5.32 Å². The molecule has 114 valence electrons. The van der Waals surface area contributed by atoms with Crippen LogP contribution in [0.25, 0.3) is 0 Å². The predicted octanol–water partition coefficient (Wildman–Crippen LogP) is 1.19. The van der Waals surface area contributed by atoms with E-state index in [1.807, 2.05) is 6.92 Å². The number of nitrogens with one attached hydrogen (secondary N) is 1. The zero-order chi connectivity index (χ0) is 14.8. The van der Waals surface area contributed by atoms with Crippen LogP contribution in [0.2, 0.25) is 0 Å². The molecule has 0 amide bonds. The zero-order valence-electron chi connectivity index (χ0n) is 12.1. The van der Waals surface area contributed by atoms with Crippen LogP contribution < -0.4 is 5.32 Å². The van der Waals surface area contributed by atoms with E-state index >= 15 is 0 Å². The van der Waals surface area contributed by atoms with Gasteiger partial charge in [-0.2, -0.15) is 0 Å². The highest BCUT2D eigenvalue weighted by molar-refractivity contribution is 7.88. The summed E-state index contributed by atoms with van der Waals surface area (Å²) in [5, 5.41) is 3.32. The number of furan rings is 1. The zero-order valence-corrected chi connectivity index (χ0v) is 12.9. The van der Waals surface area contributed by atoms with Crippen molar-refractivity contribution in [2.24, 2.45) is 0 Å². The quantitative estimate of drug-likeness (QED) is 0.819. The summed E-state index contributed by atoms with van der Waals surface area (Å²) in [6.45, 7) is 3.28. The van der Waals surface area contributed by atoms with Crippen molar-refractivity contribution in [3.63, 3.8) is 0 Å². The lowest BCUT2D eigenvalue weighted by molar-refractivity contribution is -0.0106. The first-order valence-electron chi connectivity index (χ1n) is 6.79. The molecule has 0 unspecified atom stereocenters. The first-order chi connectivity index (χ1) is 9.43. The summed E-state index contributed by atoms with van der Waals surface area (Å²) in [5.41, 5.74) is 0. The highest BCUT2D eigenvalue weighted by Gasteiger charge is 2.29. The van der Waals surface area contributed by atoms with Gasteiger partial charge in [-0.05, 0) is 31.9 Å². The maximum Gasteiger partial charge on any atom is 0.275 e. The van der Waals surface area contributed by atoms with Crippen molar-refractivity contribution in [1.82, 2.24) is 9.62 Å². The van der Waals surface area contributed by atoms with Crippen LogP contribution in [0.3, 0.4) is 0 Å². The molecule has 6 nitrogen and oxygen atoms in total. The fourth-order valence-electron chi connectivity index (χ4n) is 2.12. The Morgan fingerprint density at radius 2 is 2.10 bits per heavy atom. The van der Waals surface area contributed by atoms with Gasteiger partial charge in [-0.3, -0.25) is 0 Å². The minimum atomic E-state index is -3.48. The standard InChI is InChI=1S/C13H22N2O4S/c1-4-18-12-7-10(8-12)14-9-11-5-6-13(19-11)20(16,17)15(2)3/h5-6,10,12,14H,4,7-9H2,1-3H3. The second kappa shape index (κ2) is 6.26. The third kappa shape index (κ3) is 3.41. The molecule has 0 atom stereocenters. The van der Waals surface area contributed by atoms with E-state index in [1.54, 1.807) is 6.07 Å². The monoisotopic (exact) mass is 302 g/mol. The second-order valence-corrected chi connectivity index (χ2v) is 7.22. The molecule has 1 aliphatic rings. The van der Waals surface area contributed by atoms with Gasteiger partial charge in [0.1, 0.15) is 5.76 Å². The number of hydrogen-bond acceptors (Lipinski definition) is 5. The highest BCUT2D eigenvalue weighted by Crippen LogP contribution is 2.24. The molecule has 0 radical (unpaired) electrons. The molecular formula is C13H22N2O4S. The molecule has 0 bridgehead atoms. The highest BCUT2D eigenvalue weighted by atomic mass is 32.2. The van der Waals surface area contributed by atoms with Crippen LogP contribution in [0.1, 0.15) is 25.5 Å². The van der Waals surface area contributed by atoms with Gasteiger partial charge >= 0.3 is 0 Å². The number of nitrogens with zero attached hydrogens (tertiary/aromatic N) is 1. The lowest BCUT2D eigenvalue weighted by Crippen LogP contribution is -2.45. The van der Waals surface area contributed by atoms with Crippen molar-refractivity contribution in [1.29, 1.82) is 0 Å². The summed E-state index contributed by atoms with van der Waals surface area (Å²) in [6.07, 6.45) is 2.35. The summed E-state index contributed by atoms with van der Waals surface area (Å²) >= 11 is 0. The number of rotatable bonds is 7. The Bertz CT molecular complexity index is 532. The normalized spacial score (nSPS) is 23.0. The Morgan fingerprint density at radius 3 is 2.70 bits per heavy atom. The van der Waals surface area contributed by atoms with Crippen molar-refractivity contribution < 1.29 is 17.6 Å². The lowest BCUT2D eigenvalue weighted by Gasteiger charge is -2.35. The summed E-state index contributed by atoms with van der Waals surface area (Å²) in [6, 6.07) is 3.61. The fraction of sp³-hybridized carbons (Fsp3) is 0.692. The van der Waals surface area contributed by atoms with Crippen molar-refractivity contribution in [3.05, 3.63) is 17.9 Å². The van der Waals surface area contributed by atoms with Crippen LogP contribution in [0.4, 0.5) is 0 Å². The van der Waals surface area contributed by atoms with Gasteiger partial charge in [0.25, 0.3) is 10.0 Å². The van der Waals surface area contributed by atoms with E-state index < -0.39 is 10.0 Å². The Kier molecular flexibility index (Phi) is 4.85. The average Bonchev–Trinajstić information content (AvgIpc) is 2.81. The van der Waals surface area contributed by atoms with Crippen molar-refractivity contribution in [3.8, 4) is 0 Å². The molecule has 1 aliphatic carbocycles. The molecule has 0 aromatic carbocycles. The first kappa shape index (κ1) is 15.5. The Labute approximate surface area is 120 Å². The summed E-state index contributed by atoms with van der Waals surface area (Å²) in [5.74, 6) is 0.630. The van der Waals surface area contributed by atoms with Crippen LogP contribution >= 0.6 is 0 Å². The Hall–Kier alpha value is -0.890. The van der Waals surface area contributed by atoms with Gasteiger partial charge in [0.15, 0.2) is 0 Å². The minimum absolute atomic E-state index is 0.0138. The van der Waals surface area contributed by atoms with E-state index in [0.717, 1.165) is 23.8 Å². The molecule has 1 saturated carbocycles. The fourth-order valence-corrected chi connectivity index (χ4v) is 2.93. The smallest absolute Gasteiger partial charge is 0.275 e. The maximum absolute atomic E-state index is 11.9. The van der Waals surface area contributed by atoms with Crippen molar-refractivity contribution >= 4 is 10.0 Å². The molecule has 1 fully saturated rings. The summed E-state index contributed by atoms with van der Waals surface area (Å²) < 4.78 is 35.7. The molecule has 0 spiro atoms. The molecule has 1 heterocycles. The summed E-state index contributed by atoms with van der Waals surface area (Å²) in [7, 11) is -0.515. The average molecular weight is 302 g/mol. The maximum atomic E-state index is 11.9. The molecule has 7 heteroatoms. The van der Waals surface area contributed by atoms with E-state index in [0.29, 0.717) is 24.5 Å². The minimum Gasteiger partial charge on any atom is -0.447 e. The van der Waals surface area contributed by atoms with Gasteiger partial charge in [0.05, 0.1) is 12.6 Å². The van der Waals surface area contributed by atoms with Gasteiger partial charge < -0.3 is 14.5 Å². The number of sulfonamides is 1. The molecule has 0 aliphatic heterocycles. The van der Waals surface area contributed by atoms with Crippen molar-refractivity contribution in [2.45, 2.75) is 43.5 Å². The largest absolute Gasteiger partial charge is 0.447 e. The third-order valence-corrected chi connectivity index (χ3v) is 5.12. The van der Waals surface area contributed by atoms with Gasteiger partial charge in [0.2, 0.25) is 5.09 Å².